The molecule has 0 radical (unpaired) electrons. The molecule has 1 saturated carbocycles. The molecule has 2 bridgehead atoms. The van der Waals surface area contributed by atoms with Gasteiger partial charge in [0.25, 0.3) is 15.9 Å². The third-order valence-electron chi connectivity index (χ3n) is 10.3. The van der Waals surface area contributed by atoms with Gasteiger partial charge in [0.2, 0.25) is 0 Å². The molecule has 1 spiro atoms. The molecule has 5 atom stereocenters. The number of sulfonamides is 1. The first-order chi connectivity index (χ1) is 21.9. The Labute approximate surface area is 276 Å². The molecule has 248 valence electrons. The molecule has 46 heavy (non-hydrogen) atoms. The Morgan fingerprint density at radius 2 is 1.98 bits per heavy atom. The lowest BCUT2D eigenvalue weighted by Gasteiger charge is -2.46. The summed E-state index contributed by atoms with van der Waals surface area (Å²) in [5.74, 6) is 0.235. The Morgan fingerprint density at radius 1 is 1.17 bits per heavy atom. The summed E-state index contributed by atoms with van der Waals surface area (Å²) in [6.45, 7) is 3.72. The van der Waals surface area contributed by atoms with Crippen molar-refractivity contribution in [3.05, 3.63) is 64.7 Å². The molecule has 0 saturated heterocycles. The van der Waals surface area contributed by atoms with E-state index in [2.05, 4.69) is 15.7 Å². The van der Waals surface area contributed by atoms with Gasteiger partial charge in [-0.05, 0) is 99.5 Å². The molecule has 2 aromatic rings. The third kappa shape index (κ3) is 6.33. The van der Waals surface area contributed by atoms with E-state index in [-0.39, 0.29) is 22.1 Å². The highest BCUT2D eigenvalue weighted by Gasteiger charge is 2.45. The Morgan fingerprint density at radius 3 is 2.72 bits per heavy atom. The zero-order valence-corrected chi connectivity index (χ0v) is 28.4. The Balaban J connectivity index is 1.44. The van der Waals surface area contributed by atoms with E-state index in [4.69, 9.17) is 21.1 Å². The Hall–Kier alpha value is -3.28. The fourth-order valence-electron chi connectivity index (χ4n) is 7.29. The van der Waals surface area contributed by atoms with Crippen LogP contribution in [0.1, 0.15) is 43.7 Å². The molecule has 2 heterocycles. The molecule has 2 amide bonds. The molecule has 2 aromatic carbocycles. The molecule has 0 aromatic heterocycles. The summed E-state index contributed by atoms with van der Waals surface area (Å²) in [4.78, 5) is 31.3. The third-order valence-corrected chi connectivity index (χ3v) is 11.8. The van der Waals surface area contributed by atoms with Gasteiger partial charge in [-0.1, -0.05) is 23.7 Å². The highest BCUT2D eigenvalue weighted by atomic mass is 35.5. The zero-order valence-electron chi connectivity index (χ0n) is 26.9. The first-order valence-electron chi connectivity index (χ1n) is 16.0. The average molecular weight is 671 g/mol. The number of amides is 2. The lowest BCUT2D eigenvalue weighted by molar-refractivity contribution is -0.123. The minimum Gasteiger partial charge on any atom is -0.490 e. The van der Waals surface area contributed by atoms with Crippen LogP contribution in [-0.2, 0) is 31.4 Å². The van der Waals surface area contributed by atoms with E-state index in [9.17, 15) is 18.0 Å². The van der Waals surface area contributed by atoms with Crippen molar-refractivity contribution in [3.8, 4) is 5.75 Å². The van der Waals surface area contributed by atoms with E-state index in [1.807, 2.05) is 24.3 Å². The smallest absolute Gasteiger partial charge is 0.409 e. The summed E-state index contributed by atoms with van der Waals surface area (Å²) in [6.07, 6.45) is 7.65. The fourth-order valence-corrected chi connectivity index (χ4v) is 8.55. The summed E-state index contributed by atoms with van der Waals surface area (Å²) in [6, 6.07) is 10.2. The summed E-state index contributed by atoms with van der Waals surface area (Å²) in [5, 5.41) is 0.708. The quantitative estimate of drug-likeness (QED) is 0.439. The summed E-state index contributed by atoms with van der Waals surface area (Å²) < 4.78 is 42.0. The number of likely N-dealkylation sites (N-methyl/N-ethyl adjacent to an activating group) is 1. The number of nitrogens with zero attached hydrogens (tertiary/aromatic N) is 3. The minimum absolute atomic E-state index is 0.00441. The highest BCUT2D eigenvalue weighted by Crippen LogP contribution is 2.47. The monoisotopic (exact) mass is 670 g/mol. The van der Waals surface area contributed by atoms with Gasteiger partial charge in [0, 0.05) is 50.1 Å². The van der Waals surface area contributed by atoms with Crippen molar-refractivity contribution in [3.63, 3.8) is 0 Å². The second kappa shape index (κ2) is 12.7. The van der Waals surface area contributed by atoms with Crippen LogP contribution in [0, 0.1) is 11.8 Å². The van der Waals surface area contributed by atoms with Gasteiger partial charge in [-0.2, -0.15) is 0 Å². The van der Waals surface area contributed by atoms with Crippen LogP contribution >= 0.6 is 11.6 Å². The van der Waals surface area contributed by atoms with Crippen molar-refractivity contribution in [2.45, 2.75) is 61.5 Å². The first kappa shape index (κ1) is 32.7. The number of hydrogen-bond acceptors (Lipinski definition) is 8. The lowest BCUT2D eigenvalue weighted by Crippen LogP contribution is -2.50. The van der Waals surface area contributed by atoms with Crippen LogP contribution in [0.5, 0.6) is 5.75 Å². The van der Waals surface area contributed by atoms with Crippen molar-refractivity contribution in [1.29, 1.82) is 0 Å². The van der Waals surface area contributed by atoms with Gasteiger partial charge in [0.15, 0.2) is 0 Å². The maximum atomic E-state index is 13.6. The lowest BCUT2D eigenvalue weighted by atomic mass is 9.68. The molecule has 0 unspecified atom stereocenters. The molecule has 12 heteroatoms. The van der Waals surface area contributed by atoms with Crippen molar-refractivity contribution < 1.29 is 27.5 Å². The van der Waals surface area contributed by atoms with Crippen LogP contribution in [0.4, 0.5) is 10.5 Å². The van der Waals surface area contributed by atoms with Gasteiger partial charge in [0.1, 0.15) is 11.9 Å². The summed E-state index contributed by atoms with van der Waals surface area (Å²) in [5.41, 5.74) is 2.78. The van der Waals surface area contributed by atoms with Crippen LogP contribution in [0.15, 0.2) is 53.4 Å². The maximum absolute atomic E-state index is 13.6. The number of hydrogen-bond donors (Lipinski definition) is 1. The largest absolute Gasteiger partial charge is 0.490 e. The number of halogens is 1. The van der Waals surface area contributed by atoms with Gasteiger partial charge < -0.3 is 19.3 Å². The predicted octanol–water partition coefficient (Wildman–Crippen LogP) is 4.60. The number of ether oxygens (including phenoxy) is 2. The topological polar surface area (TPSA) is 108 Å². The molecule has 2 aliphatic heterocycles. The summed E-state index contributed by atoms with van der Waals surface area (Å²) >= 11 is 6.41. The number of anilines is 1. The molecule has 4 aliphatic rings. The van der Waals surface area contributed by atoms with Crippen molar-refractivity contribution in [2.75, 3.05) is 52.3 Å². The van der Waals surface area contributed by atoms with Crippen molar-refractivity contribution in [2.24, 2.45) is 11.8 Å². The van der Waals surface area contributed by atoms with E-state index in [1.54, 1.807) is 45.1 Å². The van der Waals surface area contributed by atoms with Crippen LogP contribution < -0.4 is 14.4 Å². The van der Waals surface area contributed by atoms with E-state index >= 15 is 0 Å². The van der Waals surface area contributed by atoms with Gasteiger partial charge in [-0.3, -0.25) is 9.69 Å². The number of nitrogens with one attached hydrogen (secondary N) is 1. The molecule has 6 rings (SSSR count). The minimum atomic E-state index is -4.16. The molecular formula is C34H43ClN4O6S. The predicted molar refractivity (Wildman–Crippen MR) is 177 cm³/mol. The second-order valence-corrected chi connectivity index (χ2v) is 15.6. The summed E-state index contributed by atoms with van der Waals surface area (Å²) in [7, 11) is 0.931. The number of fused-ring (bicyclic) bond motifs is 4. The second-order valence-electron chi connectivity index (χ2n) is 13.5. The van der Waals surface area contributed by atoms with E-state index in [0.29, 0.717) is 42.7 Å². The molecule has 1 fully saturated rings. The Kier molecular flexibility index (Phi) is 9.04. The number of aryl methyl sites for hydroxylation is 1. The molecule has 2 aliphatic carbocycles. The van der Waals surface area contributed by atoms with Crippen LogP contribution in [-0.4, -0.2) is 89.7 Å². The maximum Gasteiger partial charge on any atom is 0.409 e. The van der Waals surface area contributed by atoms with Crippen LogP contribution in [0.3, 0.4) is 0 Å². The number of carbonyl (C=O) groups excluding carboxylic acids is 2. The molecule has 10 nitrogen and oxygen atoms in total. The van der Waals surface area contributed by atoms with Gasteiger partial charge >= 0.3 is 6.09 Å². The number of rotatable bonds is 1. The van der Waals surface area contributed by atoms with Crippen LogP contribution in [0.2, 0.25) is 5.02 Å². The van der Waals surface area contributed by atoms with E-state index in [1.165, 1.54) is 22.1 Å². The van der Waals surface area contributed by atoms with E-state index in [0.717, 1.165) is 32.1 Å². The zero-order chi connectivity index (χ0) is 32.8. The number of benzene rings is 2. The first-order valence-corrected chi connectivity index (χ1v) is 17.9. The Bertz CT molecular complexity index is 1650. The van der Waals surface area contributed by atoms with Gasteiger partial charge in [0.05, 0.1) is 23.2 Å². The van der Waals surface area contributed by atoms with Crippen molar-refractivity contribution >= 4 is 39.3 Å². The standard InChI is InChI=1S/C34H43ClN4O6S/c1-22-32(40)36-46(42,43)26-11-14-31-29(18-26)39(20-34(21-44-31)15-5-7-23-17-25(35)10-13-28(23)34)19-24-9-12-27(24)30(8-6-16-38(22)4)45-33(41)37(2)3/h6,8,10-11,13-14,17-18,22,24,27,30H,5,7,9,12,15-16,19-21H2,1-4H3,(H,36,40)/t22-,24+,27-,30+,34+/m1/s1. The normalized spacial score (nSPS) is 29.3. The average Bonchev–Trinajstić information content (AvgIpc) is 3.14. The van der Waals surface area contributed by atoms with Gasteiger partial charge in [-0.25, -0.2) is 17.9 Å². The van der Waals surface area contributed by atoms with Crippen molar-refractivity contribution in [1.82, 2.24) is 14.5 Å². The number of carbonyl (C=O) groups is 2. The molecule has 1 N–H and O–H groups in total. The fraction of sp³-hybridized carbons (Fsp3) is 0.529. The van der Waals surface area contributed by atoms with Gasteiger partial charge in [-0.15, -0.1) is 0 Å². The molecular weight excluding hydrogens is 628 g/mol. The SMILES string of the molecule is C[C@@H]1C(=O)NS(=O)(=O)c2ccc3c(c2)N(C[C@@H]2CC[C@H]2[C@@H](OC(=O)N(C)C)C=CCN1C)C[C@@]1(CCCc2cc(Cl)ccc21)CO3. The van der Waals surface area contributed by atoms with Crippen LogP contribution in [0.25, 0.3) is 0 Å². The van der Waals surface area contributed by atoms with E-state index < -0.39 is 34.2 Å². The highest BCUT2D eigenvalue weighted by molar-refractivity contribution is 7.90.